The standard InChI is InChI=1S/C33H34F2N5O7PS/c1-19(41)38-13-12-23-9-10-27(32(44)39-16-24(25(17-39)36-2)20-6-4-3-5-7-20)40(23)31(43)26(18-38)37-30(42)29-15-21-14-22(8-11-28(21)49-29)33(34,35)48(45,46)47/h3-8,11,14-15,23-27H,9-10,12-13,16-18H2,1H3,(H,37,42)(H2,45,46,47)/t23-,24-,25+,26+,27+/m1/s1. The molecule has 3 fully saturated rings. The Morgan fingerprint density at radius 3 is 2.43 bits per heavy atom. The molecule has 4 heterocycles. The van der Waals surface area contributed by atoms with E-state index in [4.69, 9.17) is 16.4 Å². The molecule has 3 saturated heterocycles. The first-order chi connectivity index (χ1) is 23.2. The Kier molecular flexibility index (Phi) is 9.36. The lowest BCUT2D eigenvalue weighted by Crippen LogP contribution is -2.61. The van der Waals surface area contributed by atoms with Crippen LogP contribution in [-0.4, -0.2) is 98.5 Å². The Labute approximate surface area is 284 Å². The lowest BCUT2D eigenvalue weighted by Gasteiger charge is -2.39. The van der Waals surface area contributed by atoms with E-state index in [1.807, 2.05) is 30.3 Å². The smallest absolute Gasteiger partial charge is 0.340 e. The predicted molar refractivity (Wildman–Crippen MR) is 176 cm³/mol. The molecule has 12 nitrogen and oxygen atoms in total. The van der Waals surface area contributed by atoms with Crippen LogP contribution in [0.3, 0.4) is 0 Å². The van der Waals surface area contributed by atoms with Gasteiger partial charge < -0.3 is 34.6 Å². The highest BCUT2D eigenvalue weighted by atomic mass is 32.1. The van der Waals surface area contributed by atoms with Gasteiger partial charge >= 0.3 is 13.3 Å². The zero-order valence-electron chi connectivity index (χ0n) is 26.4. The number of amides is 4. The topological polar surface area (TPSA) is 152 Å². The fourth-order valence-corrected chi connectivity index (χ4v) is 8.51. The van der Waals surface area contributed by atoms with Gasteiger partial charge in [-0.05, 0) is 48.4 Å². The van der Waals surface area contributed by atoms with Crippen molar-refractivity contribution in [3.8, 4) is 0 Å². The zero-order chi connectivity index (χ0) is 35.2. The maximum atomic E-state index is 14.4. The molecule has 0 bridgehead atoms. The number of carbonyl (C=O) groups is 4. The monoisotopic (exact) mass is 713 g/mol. The third kappa shape index (κ3) is 6.58. The van der Waals surface area contributed by atoms with Gasteiger partial charge in [-0.1, -0.05) is 36.4 Å². The van der Waals surface area contributed by atoms with Gasteiger partial charge in [-0.25, -0.2) is 6.57 Å². The predicted octanol–water partition coefficient (Wildman–Crippen LogP) is 3.75. The Morgan fingerprint density at radius 1 is 1.02 bits per heavy atom. The van der Waals surface area contributed by atoms with Gasteiger partial charge in [0, 0.05) is 42.9 Å². The van der Waals surface area contributed by atoms with Crippen molar-refractivity contribution in [3.05, 3.63) is 82.0 Å². The number of likely N-dealkylation sites (tertiary alicyclic amines) is 1. The third-order valence-electron chi connectivity index (χ3n) is 9.67. The van der Waals surface area contributed by atoms with E-state index in [-0.39, 0.29) is 47.1 Å². The molecule has 0 saturated carbocycles. The van der Waals surface area contributed by atoms with Crippen molar-refractivity contribution in [2.24, 2.45) is 0 Å². The minimum Gasteiger partial charge on any atom is -0.340 e. The highest BCUT2D eigenvalue weighted by molar-refractivity contribution is 7.52. The molecule has 4 amide bonds. The average molecular weight is 714 g/mol. The normalized spacial score (nSPS) is 24.7. The molecule has 5 atom stereocenters. The van der Waals surface area contributed by atoms with Crippen molar-refractivity contribution in [1.29, 1.82) is 0 Å². The van der Waals surface area contributed by atoms with Gasteiger partial charge in [-0.15, -0.1) is 11.3 Å². The van der Waals surface area contributed by atoms with E-state index in [1.54, 1.807) is 4.90 Å². The number of nitrogens with zero attached hydrogens (tertiary/aromatic N) is 4. The first kappa shape index (κ1) is 34.6. The van der Waals surface area contributed by atoms with Crippen molar-refractivity contribution in [2.45, 2.75) is 61.9 Å². The summed E-state index contributed by atoms with van der Waals surface area (Å²) >= 11 is 0.939. The molecule has 0 aliphatic carbocycles. The first-order valence-corrected chi connectivity index (χ1v) is 18.2. The molecule has 49 heavy (non-hydrogen) atoms. The van der Waals surface area contributed by atoms with Crippen molar-refractivity contribution in [1.82, 2.24) is 20.0 Å². The summed E-state index contributed by atoms with van der Waals surface area (Å²) in [5.74, 6) is -1.95. The van der Waals surface area contributed by atoms with E-state index in [1.165, 1.54) is 28.9 Å². The third-order valence-corrected chi connectivity index (χ3v) is 11.8. The number of rotatable bonds is 6. The summed E-state index contributed by atoms with van der Waals surface area (Å²) in [7, 11) is -5.81. The molecule has 0 spiro atoms. The van der Waals surface area contributed by atoms with Crippen LogP contribution in [0.2, 0.25) is 0 Å². The average Bonchev–Trinajstić information content (AvgIpc) is 3.81. The van der Waals surface area contributed by atoms with Crippen LogP contribution in [0.15, 0.2) is 54.6 Å². The second-order valence-corrected chi connectivity index (χ2v) is 15.4. The van der Waals surface area contributed by atoms with Crippen LogP contribution in [0.25, 0.3) is 14.9 Å². The number of alkyl halides is 2. The molecule has 1 aromatic heterocycles. The SMILES string of the molecule is [C-]#[N+][C@H]1CN(C(=O)[C@@H]2CC[C@@H]3CCN(C(C)=O)C[C@H](NC(=O)c4cc5cc(C(F)(F)P(=O)(O)O)ccc5s4)C(=O)N32)C[C@@H]1c1ccccc1. The molecule has 3 aromatic rings. The van der Waals surface area contributed by atoms with Crippen LogP contribution in [0.1, 0.15) is 52.9 Å². The second-order valence-electron chi connectivity index (χ2n) is 12.7. The lowest BCUT2D eigenvalue weighted by atomic mass is 9.95. The van der Waals surface area contributed by atoms with E-state index < -0.39 is 48.8 Å². The number of hydrogen-bond acceptors (Lipinski definition) is 6. The summed E-state index contributed by atoms with van der Waals surface area (Å²) in [6.07, 6.45) is 1.36. The summed E-state index contributed by atoms with van der Waals surface area (Å²) in [5.41, 5.74) is -4.37. The highest BCUT2D eigenvalue weighted by Gasteiger charge is 2.51. The van der Waals surface area contributed by atoms with E-state index >= 15 is 0 Å². The number of carbonyl (C=O) groups excluding carboxylic acids is 4. The van der Waals surface area contributed by atoms with Gasteiger partial charge in [0.05, 0.1) is 17.3 Å². The van der Waals surface area contributed by atoms with Crippen molar-refractivity contribution < 1.29 is 42.3 Å². The van der Waals surface area contributed by atoms with Crippen LogP contribution >= 0.6 is 18.9 Å². The van der Waals surface area contributed by atoms with Crippen molar-refractivity contribution in [2.75, 3.05) is 26.2 Å². The fraction of sp³-hybridized carbons (Fsp3) is 0.424. The largest absolute Gasteiger partial charge is 0.399 e. The molecule has 16 heteroatoms. The van der Waals surface area contributed by atoms with Crippen LogP contribution in [0.5, 0.6) is 0 Å². The van der Waals surface area contributed by atoms with Gasteiger partial charge in [0.1, 0.15) is 12.1 Å². The summed E-state index contributed by atoms with van der Waals surface area (Å²) in [5, 5.41) is 2.85. The van der Waals surface area contributed by atoms with Crippen molar-refractivity contribution in [3.63, 3.8) is 0 Å². The molecule has 3 aliphatic heterocycles. The molecule has 3 aliphatic rings. The first-order valence-electron chi connectivity index (χ1n) is 15.8. The number of nitrogens with one attached hydrogen (secondary N) is 1. The van der Waals surface area contributed by atoms with E-state index in [0.29, 0.717) is 37.1 Å². The minimum absolute atomic E-state index is 0.0516. The Balaban J connectivity index is 1.24. The Morgan fingerprint density at radius 2 is 1.76 bits per heavy atom. The quantitative estimate of drug-likeness (QED) is 0.260. The zero-order valence-corrected chi connectivity index (χ0v) is 28.1. The fourth-order valence-electron chi connectivity index (χ4n) is 7.09. The van der Waals surface area contributed by atoms with Crippen LogP contribution in [0.4, 0.5) is 8.78 Å². The lowest BCUT2D eigenvalue weighted by molar-refractivity contribution is -0.148. The number of hydrogen-bond donors (Lipinski definition) is 3. The van der Waals surface area contributed by atoms with Gasteiger partial charge in [-0.3, -0.25) is 23.7 Å². The molecule has 258 valence electrons. The van der Waals surface area contributed by atoms with Gasteiger partial charge in [0.2, 0.25) is 23.8 Å². The van der Waals surface area contributed by atoms with E-state index in [9.17, 15) is 32.5 Å². The maximum absolute atomic E-state index is 14.4. The maximum Gasteiger partial charge on any atom is 0.399 e. The van der Waals surface area contributed by atoms with Crippen LogP contribution in [-0.2, 0) is 24.6 Å². The molecule has 6 rings (SSSR count). The Bertz CT molecular complexity index is 1900. The van der Waals surface area contributed by atoms with E-state index in [2.05, 4.69) is 10.2 Å². The molecule has 0 radical (unpaired) electrons. The molecule has 0 unspecified atom stereocenters. The summed E-state index contributed by atoms with van der Waals surface area (Å²) < 4.78 is 40.5. The van der Waals surface area contributed by atoms with E-state index in [0.717, 1.165) is 29.0 Å². The summed E-state index contributed by atoms with van der Waals surface area (Å²) in [6.45, 7) is 9.85. The van der Waals surface area contributed by atoms with Gasteiger partial charge in [0.25, 0.3) is 5.91 Å². The van der Waals surface area contributed by atoms with Crippen LogP contribution < -0.4 is 5.32 Å². The summed E-state index contributed by atoms with van der Waals surface area (Å²) in [4.78, 5) is 81.1. The molecular formula is C33H34F2N5O7PS. The Hall–Kier alpha value is -4.22. The number of fused-ring (bicyclic) bond motifs is 2. The highest BCUT2D eigenvalue weighted by Crippen LogP contribution is 2.59. The molecule has 3 N–H and O–H groups in total. The number of thiophene rings is 1. The summed E-state index contributed by atoms with van der Waals surface area (Å²) in [6, 6.07) is 11.0. The number of benzene rings is 2. The van der Waals surface area contributed by atoms with Gasteiger partial charge in [-0.2, -0.15) is 8.78 Å². The van der Waals surface area contributed by atoms with Gasteiger partial charge in [0.15, 0.2) is 0 Å². The molecule has 2 aromatic carbocycles. The van der Waals surface area contributed by atoms with Crippen LogP contribution in [0, 0.1) is 6.57 Å². The molecular weight excluding hydrogens is 679 g/mol. The number of halogens is 2. The van der Waals surface area contributed by atoms with Crippen molar-refractivity contribution >= 4 is 52.6 Å². The minimum atomic E-state index is -5.81. The second kappa shape index (κ2) is 13.2.